The molecule has 0 atom stereocenters. The highest BCUT2D eigenvalue weighted by Crippen LogP contribution is 2.17. The normalized spacial score (nSPS) is 10.2. The maximum atomic E-state index is 4.21. The Kier molecular flexibility index (Phi) is 2.31. The molecule has 0 aliphatic heterocycles. The lowest BCUT2D eigenvalue weighted by Crippen LogP contribution is -1.96. The van der Waals surface area contributed by atoms with E-state index in [1.54, 1.807) is 11.3 Å². The van der Waals surface area contributed by atoms with E-state index in [9.17, 15) is 0 Å². The highest BCUT2D eigenvalue weighted by molar-refractivity contribution is 7.15. The van der Waals surface area contributed by atoms with Gasteiger partial charge in [0.05, 0.1) is 0 Å². The molecule has 4 heteroatoms. The van der Waals surface area contributed by atoms with E-state index in [0.29, 0.717) is 0 Å². The zero-order valence-electron chi connectivity index (χ0n) is 7.37. The average molecular weight is 193 g/mol. The Morgan fingerprint density at radius 2 is 2.54 bits per heavy atom. The zero-order chi connectivity index (χ0) is 9.10. The third kappa shape index (κ3) is 2.09. The molecule has 13 heavy (non-hydrogen) atoms. The number of aromatic amines is 1. The summed E-state index contributed by atoms with van der Waals surface area (Å²) in [6.45, 7) is 2.88. The topological polar surface area (TPSA) is 40.7 Å². The summed E-state index contributed by atoms with van der Waals surface area (Å²) in [4.78, 5) is 8.46. The van der Waals surface area contributed by atoms with Gasteiger partial charge < -0.3 is 10.3 Å². The second-order valence-corrected chi connectivity index (χ2v) is 4.08. The van der Waals surface area contributed by atoms with Gasteiger partial charge in [-0.15, -0.1) is 11.3 Å². The molecule has 0 spiro atoms. The van der Waals surface area contributed by atoms with Crippen LogP contribution in [-0.4, -0.2) is 9.97 Å². The van der Waals surface area contributed by atoms with Gasteiger partial charge >= 0.3 is 0 Å². The molecular formula is C9H11N3S. The van der Waals surface area contributed by atoms with Crippen LogP contribution in [0.4, 0.5) is 5.13 Å². The molecule has 0 unspecified atom stereocenters. The third-order valence-corrected chi connectivity index (χ3v) is 2.60. The van der Waals surface area contributed by atoms with Crippen molar-refractivity contribution in [1.82, 2.24) is 9.97 Å². The number of H-pyrrole nitrogens is 1. The number of hydrogen-bond donors (Lipinski definition) is 2. The summed E-state index contributed by atoms with van der Waals surface area (Å²) in [6, 6.07) is 2.05. The van der Waals surface area contributed by atoms with Crippen molar-refractivity contribution in [3.63, 3.8) is 0 Å². The SMILES string of the molecule is Cc1cnc(NCc2cc[nH]c2)s1. The first-order valence-electron chi connectivity index (χ1n) is 4.12. The summed E-state index contributed by atoms with van der Waals surface area (Å²) in [5.41, 5.74) is 1.24. The summed E-state index contributed by atoms with van der Waals surface area (Å²) < 4.78 is 0. The number of nitrogens with one attached hydrogen (secondary N) is 2. The average Bonchev–Trinajstić information content (AvgIpc) is 2.71. The minimum Gasteiger partial charge on any atom is -0.367 e. The molecule has 0 fully saturated rings. The first-order chi connectivity index (χ1) is 6.34. The Bertz CT molecular complexity index is 364. The van der Waals surface area contributed by atoms with E-state index in [-0.39, 0.29) is 0 Å². The van der Waals surface area contributed by atoms with Gasteiger partial charge in [-0.1, -0.05) is 0 Å². The molecule has 2 N–H and O–H groups in total. The predicted molar refractivity (Wildman–Crippen MR) is 55.0 cm³/mol. The van der Waals surface area contributed by atoms with Crippen LogP contribution in [0.2, 0.25) is 0 Å². The van der Waals surface area contributed by atoms with Crippen molar-refractivity contribution in [1.29, 1.82) is 0 Å². The van der Waals surface area contributed by atoms with Gasteiger partial charge in [0.25, 0.3) is 0 Å². The van der Waals surface area contributed by atoms with Gasteiger partial charge in [0.15, 0.2) is 5.13 Å². The molecule has 2 aromatic heterocycles. The number of aryl methyl sites for hydroxylation is 1. The summed E-state index contributed by atoms with van der Waals surface area (Å²) in [7, 11) is 0. The molecule has 0 aromatic carbocycles. The summed E-state index contributed by atoms with van der Waals surface area (Å²) in [5.74, 6) is 0. The minimum atomic E-state index is 0.830. The highest BCUT2D eigenvalue weighted by atomic mass is 32.1. The van der Waals surface area contributed by atoms with Gasteiger partial charge in [0, 0.05) is 30.0 Å². The van der Waals surface area contributed by atoms with Gasteiger partial charge in [-0.05, 0) is 18.6 Å². The largest absolute Gasteiger partial charge is 0.367 e. The van der Waals surface area contributed by atoms with Gasteiger partial charge in [-0.25, -0.2) is 4.98 Å². The fraction of sp³-hybridized carbons (Fsp3) is 0.222. The van der Waals surface area contributed by atoms with Crippen LogP contribution in [-0.2, 0) is 6.54 Å². The maximum absolute atomic E-state index is 4.21. The molecule has 3 nitrogen and oxygen atoms in total. The zero-order valence-corrected chi connectivity index (χ0v) is 8.19. The molecule has 0 amide bonds. The summed E-state index contributed by atoms with van der Waals surface area (Å²) >= 11 is 1.68. The number of aromatic nitrogens is 2. The van der Waals surface area contributed by atoms with Crippen LogP contribution in [0.3, 0.4) is 0 Å². The number of nitrogens with zero attached hydrogens (tertiary/aromatic N) is 1. The first-order valence-corrected chi connectivity index (χ1v) is 4.94. The van der Waals surface area contributed by atoms with Crippen molar-refractivity contribution < 1.29 is 0 Å². The fourth-order valence-electron chi connectivity index (χ4n) is 1.08. The summed E-state index contributed by atoms with van der Waals surface area (Å²) in [6.07, 6.45) is 5.78. The van der Waals surface area contributed by atoms with E-state index in [0.717, 1.165) is 11.7 Å². The monoisotopic (exact) mass is 193 g/mol. The standard InChI is InChI=1S/C9H11N3S/c1-7-4-11-9(13-7)12-6-8-2-3-10-5-8/h2-5,10H,6H2,1H3,(H,11,12). The van der Waals surface area contributed by atoms with Gasteiger partial charge in [-0.2, -0.15) is 0 Å². The number of hydrogen-bond acceptors (Lipinski definition) is 3. The molecule has 0 radical (unpaired) electrons. The smallest absolute Gasteiger partial charge is 0.183 e. The van der Waals surface area contributed by atoms with Crippen LogP contribution < -0.4 is 5.32 Å². The van der Waals surface area contributed by atoms with Crippen LogP contribution >= 0.6 is 11.3 Å². The second kappa shape index (κ2) is 3.62. The molecule has 0 bridgehead atoms. The lowest BCUT2D eigenvalue weighted by molar-refractivity contribution is 1.14. The number of rotatable bonds is 3. The van der Waals surface area contributed by atoms with E-state index in [2.05, 4.69) is 22.2 Å². The first kappa shape index (κ1) is 8.31. The highest BCUT2D eigenvalue weighted by Gasteiger charge is 1.97. The predicted octanol–water partition coefficient (Wildman–Crippen LogP) is 2.39. The maximum Gasteiger partial charge on any atom is 0.183 e. The van der Waals surface area contributed by atoms with Crippen molar-refractivity contribution in [2.45, 2.75) is 13.5 Å². The van der Waals surface area contributed by atoms with Crippen LogP contribution in [0.25, 0.3) is 0 Å². The molecule has 0 aliphatic rings. The molecular weight excluding hydrogens is 182 g/mol. The van der Waals surface area contributed by atoms with E-state index < -0.39 is 0 Å². The molecule has 0 aliphatic carbocycles. The lowest BCUT2D eigenvalue weighted by Gasteiger charge is -1.98. The second-order valence-electron chi connectivity index (χ2n) is 2.85. The van der Waals surface area contributed by atoms with Crippen LogP contribution in [0.15, 0.2) is 24.7 Å². The van der Waals surface area contributed by atoms with Crippen LogP contribution in [0.1, 0.15) is 10.4 Å². The lowest BCUT2D eigenvalue weighted by atomic mass is 10.3. The molecule has 2 heterocycles. The van der Waals surface area contributed by atoms with E-state index in [1.807, 2.05) is 24.7 Å². The number of thiazole rings is 1. The fourth-order valence-corrected chi connectivity index (χ4v) is 1.74. The Morgan fingerprint density at radius 1 is 1.62 bits per heavy atom. The third-order valence-electron chi connectivity index (χ3n) is 1.73. The van der Waals surface area contributed by atoms with Gasteiger partial charge in [-0.3, -0.25) is 0 Å². The Hall–Kier alpha value is -1.29. The van der Waals surface area contributed by atoms with Crippen molar-refractivity contribution in [2.75, 3.05) is 5.32 Å². The van der Waals surface area contributed by atoms with E-state index >= 15 is 0 Å². The van der Waals surface area contributed by atoms with Crippen molar-refractivity contribution in [3.05, 3.63) is 35.1 Å². The van der Waals surface area contributed by atoms with Crippen molar-refractivity contribution in [3.8, 4) is 0 Å². The molecule has 0 saturated carbocycles. The van der Waals surface area contributed by atoms with Gasteiger partial charge in [0.1, 0.15) is 0 Å². The number of anilines is 1. The molecule has 2 aromatic rings. The quantitative estimate of drug-likeness (QED) is 0.785. The Labute approximate surface area is 80.8 Å². The molecule has 68 valence electrons. The summed E-state index contributed by atoms with van der Waals surface area (Å²) in [5, 5.41) is 4.24. The van der Waals surface area contributed by atoms with Crippen molar-refractivity contribution >= 4 is 16.5 Å². The van der Waals surface area contributed by atoms with Crippen LogP contribution in [0.5, 0.6) is 0 Å². The Balaban J connectivity index is 1.93. The minimum absolute atomic E-state index is 0.830. The Morgan fingerprint density at radius 3 is 3.15 bits per heavy atom. The van der Waals surface area contributed by atoms with Gasteiger partial charge in [0.2, 0.25) is 0 Å². The van der Waals surface area contributed by atoms with E-state index in [1.165, 1.54) is 10.4 Å². The van der Waals surface area contributed by atoms with Crippen LogP contribution in [0, 0.1) is 6.92 Å². The van der Waals surface area contributed by atoms with E-state index in [4.69, 9.17) is 0 Å². The molecule has 0 saturated heterocycles. The molecule has 2 rings (SSSR count). The van der Waals surface area contributed by atoms with Crippen molar-refractivity contribution in [2.24, 2.45) is 0 Å².